The zero-order chi connectivity index (χ0) is 39.5. The Morgan fingerprint density at radius 2 is 1.89 bits per heavy atom. The fourth-order valence-corrected chi connectivity index (χ4v) is 7.45. The SMILES string of the molecule is CC[C@H](OC)[C@@H](C)[C@H]1O[C@@H]1C(N(CCCO)Cc1ccc(Cl)cc1)C(C)(O)/C=C/C=C(\C)[C@@H]1OC(=O)C[C@H](O)CC[C@@](C)(O)[C@@H](OC(C)=O)/C=C/[C@@H]1C. The normalized spacial score (nSPS) is 30.8. The van der Waals surface area contributed by atoms with Gasteiger partial charge in [-0.05, 0) is 75.8 Å². The Morgan fingerprint density at radius 3 is 2.49 bits per heavy atom. The maximum Gasteiger partial charge on any atom is 0.309 e. The van der Waals surface area contributed by atoms with Gasteiger partial charge in [0.25, 0.3) is 0 Å². The molecular formula is C41H62ClNO10. The molecule has 0 aliphatic carbocycles. The molecular weight excluding hydrogens is 702 g/mol. The van der Waals surface area contributed by atoms with Crippen molar-refractivity contribution in [3.05, 3.63) is 70.8 Å². The number of methoxy groups -OCH3 is 1. The summed E-state index contributed by atoms with van der Waals surface area (Å²) in [4.78, 5) is 27.0. The Labute approximate surface area is 320 Å². The lowest BCUT2D eigenvalue weighted by molar-refractivity contribution is -0.157. The standard InChI is InChI=1S/C41H62ClNO10/c1-9-33(50-8)28(4)37-38(53-37)39(43(22-11-23-44)25-30-14-16-31(42)17-15-30)41(7,49)20-10-12-26(2)36-27(3)13-18-34(51-29(5)45)40(6,48)21-19-32(46)24-35(47)52-36/h10,12-18,20,27-28,32-34,36-39,44,46,48-49H,9,11,19,21-25H2,1-8H3/b18-13+,20-10+,26-12+/t27-,28+,32+,33-,34-,36-,37+,38-,39?,40+,41?/m0/s1. The van der Waals surface area contributed by atoms with Gasteiger partial charge in [-0.15, -0.1) is 0 Å². The smallest absolute Gasteiger partial charge is 0.309 e. The van der Waals surface area contributed by atoms with Crippen LogP contribution in [0.4, 0.5) is 0 Å². The van der Waals surface area contributed by atoms with E-state index in [4.69, 9.17) is 30.5 Å². The Balaban J connectivity index is 1.98. The topological polar surface area (TPSA) is 159 Å². The third kappa shape index (κ3) is 13.3. The zero-order valence-electron chi connectivity index (χ0n) is 32.6. The highest BCUT2D eigenvalue weighted by atomic mass is 35.5. The molecule has 0 amide bonds. The number of hydrogen-bond acceptors (Lipinski definition) is 11. The first-order valence-electron chi connectivity index (χ1n) is 18.7. The maximum absolute atomic E-state index is 13.0. The van der Waals surface area contributed by atoms with Crippen molar-refractivity contribution in [2.75, 3.05) is 20.3 Å². The number of benzene rings is 1. The number of halogens is 1. The van der Waals surface area contributed by atoms with Gasteiger partial charge in [-0.25, -0.2) is 0 Å². The van der Waals surface area contributed by atoms with E-state index in [1.807, 2.05) is 38.1 Å². The highest BCUT2D eigenvalue weighted by Crippen LogP contribution is 2.41. The van der Waals surface area contributed by atoms with E-state index in [0.717, 1.165) is 12.0 Å². The predicted molar refractivity (Wildman–Crippen MR) is 204 cm³/mol. The van der Waals surface area contributed by atoms with Crippen LogP contribution in [0.5, 0.6) is 0 Å². The van der Waals surface area contributed by atoms with Crippen molar-refractivity contribution < 1.29 is 49.0 Å². The molecule has 2 aliphatic heterocycles. The van der Waals surface area contributed by atoms with Crippen molar-refractivity contribution >= 4 is 23.5 Å². The van der Waals surface area contributed by atoms with Crippen LogP contribution in [-0.4, -0.2) is 111 Å². The Morgan fingerprint density at radius 1 is 1.21 bits per heavy atom. The van der Waals surface area contributed by atoms with Gasteiger partial charge < -0.3 is 39.4 Å². The molecule has 2 aliphatic rings. The largest absolute Gasteiger partial charge is 0.457 e. The number of hydrogen-bond donors (Lipinski definition) is 4. The Kier molecular flexibility index (Phi) is 17.2. The van der Waals surface area contributed by atoms with Crippen LogP contribution in [0.2, 0.25) is 5.02 Å². The molecule has 1 saturated heterocycles. The van der Waals surface area contributed by atoms with Crippen molar-refractivity contribution in [3.8, 4) is 0 Å². The summed E-state index contributed by atoms with van der Waals surface area (Å²) in [5, 5.41) is 44.4. The van der Waals surface area contributed by atoms with Gasteiger partial charge in [0.2, 0.25) is 0 Å². The molecule has 53 heavy (non-hydrogen) atoms. The van der Waals surface area contributed by atoms with Crippen LogP contribution in [0.15, 0.2) is 60.2 Å². The average molecular weight is 764 g/mol. The molecule has 0 spiro atoms. The second kappa shape index (κ2) is 20.3. The van der Waals surface area contributed by atoms with Crippen LogP contribution in [-0.2, 0) is 35.1 Å². The summed E-state index contributed by atoms with van der Waals surface area (Å²) >= 11 is 6.18. The van der Waals surface area contributed by atoms with Crippen LogP contribution in [0.1, 0.15) is 86.1 Å². The molecule has 2 unspecified atom stereocenters. The summed E-state index contributed by atoms with van der Waals surface area (Å²) in [5.74, 6) is -1.48. The first-order valence-corrected chi connectivity index (χ1v) is 19.1. The van der Waals surface area contributed by atoms with E-state index in [1.54, 1.807) is 44.4 Å². The minimum absolute atomic E-state index is 0.0138. The minimum Gasteiger partial charge on any atom is -0.457 e. The maximum atomic E-state index is 13.0. The van der Waals surface area contributed by atoms with E-state index in [9.17, 15) is 30.0 Å². The van der Waals surface area contributed by atoms with Gasteiger partial charge in [-0.1, -0.05) is 68.8 Å². The number of allylic oxidation sites excluding steroid dienone is 2. The predicted octanol–water partition coefficient (Wildman–Crippen LogP) is 5.31. The average Bonchev–Trinajstić information content (AvgIpc) is 3.87. The van der Waals surface area contributed by atoms with Crippen molar-refractivity contribution in [1.82, 2.24) is 4.90 Å². The zero-order valence-corrected chi connectivity index (χ0v) is 33.4. The highest BCUT2D eigenvalue weighted by Gasteiger charge is 2.56. The summed E-state index contributed by atoms with van der Waals surface area (Å²) in [6, 6.07) is 7.04. The fraction of sp³-hybridized carbons (Fsp3) is 0.659. The third-order valence-corrected chi connectivity index (χ3v) is 10.7. The molecule has 0 bridgehead atoms. The van der Waals surface area contributed by atoms with Crippen LogP contribution < -0.4 is 0 Å². The number of aliphatic hydroxyl groups excluding tert-OH is 2. The summed E-state index contributed by atoms with van der Waals surface area (Å²) in [6.07, 6.45) is 6.53. The highest BCUT2D eigenvalue weighted by molar-refractivity contribution is 6.30. The lowest BCUT2D eigenvalue weighted by Gasteiger charge is -2.39. The number of carbonyl (C=O) groups excluding carboxylic acids is 2. The molecule has 12 heteroatoms. The number of epoxide rings is 1. The molecule has 1 aromatic carbocycles. The molecule has 298 valence electrons. The molecule has 11 atom stereocenters. The molecule has 1 aromatic rings. The number of nitrogens with zero attached hydrogens (tertiary/aromatic N) is 1. The number of aliphatic hydroxyl groups is 4. The van der Waals surface area contributed by atoms with E-state index < -0.39 is 53.4 Å². The molecule has 4 N–H and O–H groups in total. The number of ether oxygens (including phenoxy) is 4. The van der Waals surface area contributed by atoms with E-state index in [2.05, 4.69) is 18.7 Å². The Hall–Kier alpha value is -2.61. The number of rotatable bonds is 16. The minimum atomic E-state index is -1.47. The second-order valence-corrected chi connectivity index (χ2v) is 15.6. The van der Waals surface area contributed by atoms with Gasteiger partial charge >= 0.3 is 11.9 Å². The first-order chi connectivity index (χ1) is 24.9. The van der Waals surface area contributed by atoms with Gasteiger partial charge in [-0.3, -0.25) is 14.5 Å². The van der Waals surface area contributed by atoms with Crippen LogP contribution in [0, 0.1) is 11.8 Å². The van der Waals surface area contributed by atoms with Crippen molar-refractivity contribution in [3.63, 3.8) is 0 Å². The molecule has 3 rings (SSSR count). The van der Waals surface area contributed by atoms with Crippen molar-refractivity contribution in [2.45, 2.75) is 141 Å². The van der Waals surface area contributed by atoms with Crippen LogP contribution in [0.3, 0.4) is 0 Å². The quantitative estimate of drug-likeness (QED) is 0.0749. The number of carbonyl (C=O) groups is 2. The van der Waals surface area contributed by atoms with Gasteiger partial charge in [0, 0.05) is 50.6 Å². The molecule has 11 nitrogen and oxygen atoms in total. The van der Waals surface area contributed by atoms with Gasteiger partial charge in [0.15, 0.2) is 0 Å². The third-order valence-electron chi connectivity index (χ3n) is 10.4. The van der Waals surface area contributed by atoms with Crippen molar-refractivity contribution in [1.29, 1.82) is 0 Å². The van der Waals surface area contributed by atoms with E-state index in [-0.39, 0.29) is 50.1 Å². The monoisotopic (exact) mass is 763 g/mol. The van der Waals surface area contributed by atoms with Gasteiger partial charge in [-0.2, -0.15) is 0 Å². The van der Waals surface area contributed by atoms with E-state index in [1.165, 1.54) is 13.8 Å². The number of cyclic esters (lactones) is 1. The molecule has 0 aromatic heterocycles. The molecule has 0 saturated carbocycles. The Bertz CT molecular complexity index is 1410. The van der Waals surface area contributed by atoms with Crippen molar-refractivity contribution in [2.24, 2.45) is 11.8 Å². The van der Waals surface area contributed by atoms with Crippen LogP contribution >= 0.6 is 11.6 Å². The summed E-state index contributed by atoms with van der Waals surface area (Å²) in [7, 11) is 1.70. The lowest BCUT2D eigenvalue weighted by Crippen LogP contribution is -2.54. The summed E-state index contributed by atoms with van der Waals surface area (Å²) in [6.45, 7) is 13.3. The summed E-state index contributed by atoms with van der Waals surface area (Å²) < 4.78 is 23.4. The molecule has 1 fully saturated rings. The van der Waals surface area contributed by atoms with E-state index >= 15 is 0 Å². The first kappa shape index (κ1) is 44.8. The second-order valence-electron chi connectivity index (χ2n) is 15.2. The van der Waals surface area contributed by atoms with Gasteiger partial charge in [0.1, 0.15) is 23.9 Å². The molecule has 0 radical (unpaired) electrons. The molecule has 2 heterocycles. The summed E-state index contributed by atoms with van der Waals surface area (Å²) in [5.41, 5.74) is -1.23. The lowest BCUT2D eigenvalue weighted by atomic mass is 9.85. The number of esters is 2. The van der Waals surface area contributed by atoms with E-state index in [0.29, 0.717) is 30.1 Å². The fourth-order valence-electron chi connectivity index (χ4n) is 7.32. The van der Waals surface area contributed by atoms with Gasteiger partial charge in [0.05, 0.1) is 36.4 Å². The van der Waals surface area contributed by atoms with Crippen LogP contribution in [0.25, 0.3) is 0 Å².